The third-order valence-electron chi connectivity index (χ3n) is 2.69. The molecule has 0 unspecified atom stereocenters. The van der Waals surface area contributed by atoms with Gasteiger partial charge >= 0.3 is 0 Å². The zero-order valence-corrected chi connectivity index (χ0v) is 12.8. The molecular weight excluding hydrogens is 270 g/mol. The third-order valence-corrected chi connectivity index (χ3v) is 3.66. The van der Waals surface area contributed by atoms with Crippen LogP contribution in [0.4, 0.5) is 0 Å². The standard InChI is InChI=1S/C15H19N3OS/c1-10-18-12(11-7-5-4-6-8-11)13(20-10)14(19)17-9-15(2,3)16/h4-8H,9,16H2,1-3H3,(H,17,19). The normalized spacial score (nSPS) is 11.4. The maximum Gasteiger partial charge on any atom is 0.263 e. The summed E-state index contributed by atoms with van der Waals surface area (Å²) >= 11 is 1.40. The highest BCUT2D eigenvalue weighted by Crippen LogP contribution is 2.27. The van der Waals surface area contributed by atoms with Crippen molar-refractivity contribution in [3.05, 3.63) is 40.2 Å². The predicted molar refractivity (Wildman–Crippen MR) is 82.9 cm³/mol. The molecule has 2 rings (SSSR count). The van der Waals surface area contributed by atoms with Crippen molar-refractivity contribution in [1.82, 2.24) is 10.3 Å². The first kappa shape index (κ1) is 14.7. The molecule has 0 saturated carbocycles. The molecule has 0 aliphatic rings. The zero-order valence-electron chi connectivity index (χ0n) is 11.9. The van der Waals surface area contributed by atoms with E-state index in [1.165, 1.54) is 11.3 Å². The number of hydrogen-bond acceptors (Lipinski definition) is 4. The minimum atomic E-state index is -0.428. The number of nitrogens with one attached hydrogen (secondary N) is 1. The fraction of sp³-hybridized carbons (Fsp3) is 0.333. The number of aromatic nitrogens is 1. The van der Waals surface area contributed by atoms with Crippen LogP contribution in [0.3, 0.4) is 0 Å². The van der Waals surface area contributed by atoms with Gasteiger partial charge in [-0.2, -0.15) is 0 Å². The Bertz CT molecular complexity index is 599. The van der Waals surface area contributed by atoms with Crippen molar-refractivity contribution in [2.45, 2.75) is 26.3 Å². The van der Waals surface area contributed by atoms with Crippen LogP contribution in [0.25, 0.3) is 11.3 Å². The average molecular weight is 289 g/mol. The molecule has 0 spiro atoms. The summed E-state index contributed by atoms with van der Waals surface area (Å²) in [5, 5.41) is 3.74. The number of rotatable bonds is 4. The molecule has 0 atom stereocenters. The number of hydrogen-bond donors (Lipinski definition) is 2. The van der Waals surface area contributed by atoms with Crippen molar-refractivity contribution >= 4 is 17.2 Å². The first-order chi connectivity index (χ1) is 9.37. The monoisotopic (exact) mass is 289 g/mol. The number of benzene rings is 1. The maximum atomic E-state index is 12.3. The predicted octanol–water partition coefficient (Wildman–Crippen LogP) is 2.59. The van der Waals surface area contributed by atoms with E-state index in [-0.39, 0.29) is 5.91 Å². The SMILES string of the molecule is Cc1nc(-c2ccccc2)c(C(=O)NCC(C)(C)N)s1. The van der Waals surface area contributed by atoms with Gasteiger partial charge in [0.15, 0.2) is 0 Å². The van der Waals surface area contributed by atoms with Gasteiger partial charge in [-0.1, -0.05) is 30.3 Å². The van der Waals surface area contributed by atoms with E-state index in [9.17, 15) is 4.79 Å². The van der Waals surface area contributed by atoms with Gasteiger partial charge in [0.2, 0.25) is 0 Å². The molecule has 1 amide bonds. The Morgan fingerprint density at radius 2 is 2.00 bits per heavy atom. The first-order valence-corrected chi connectivity index (χ1v) is 7.28. The van der Waals surface area contributed by atoms with E-state index < -0.39 is 5.54 Å². The molecule has 106 valence electrons. The van der Waals surface area contributed by atoms with Crippen molar-refractivity contribution in [2.75, 3.05) is 6.54 Å². The third kappa shape index (κ3) is 3.65. The topological polar surface area (TPSA) is 68.0 Å². The Morgan fingerprint density at radius 1 is 1.35 bits per heavy atom. The van der Waals surface area contributed by atoms with Crippen LogP contribution in [0.2, 0.25) is 0 Å². The lowest BCUT2D eigenvalue weighted by Crippen LogP contribution is -2.45. The summed E-state index contributed by atoms with van der Waals surface area (Å²) in [6.45, 7) is 6.09. The number of nitrogens with zero attached hydrogens (tertiary/aromatic N) is 1. The molecule has 0 radical (unpaired) electrons. The summed E-state index contributed by atoms with van der Waals surface area (Å²) in [5.74, 6) is -0.118. The molecule has 3 N–H and O–H groups in total. The van der Waals surface area contributed by atoms with Crippen LogP contribution >= 0.6 is 11.3 Å². The van der Waals surface area contributed by atoms with Crippen LogP contribution in [0.1, 0.15) is 28.5 Å². The Morgan fingerprint density at radius 3 is 2.60 bits per heavy atom. The van der Waals surface area contributed by atoms with Gasteiger partial charge < -0.3 is 11.1 Å². The van der Waals surface area contributed by atoms with Gasteiger partial charge in [-0.25, -0.2) is 4.98 Å². The minimum absolute atomic E-state index is 0.118. The molecule has 0 aliphatic heterocycles. The number of carbonyl (C=O) groups is 1. The largest absolute Gasteiger partial charge is 0.349 e. The van der Waals surface area contributed by atoms with Gasteiger partial charge in [-0.3, -0.25) is 4.79 Å². The van der Waals surface area contributed by atoms with E-state index in [1.54, 1.807) is 0 Å². The highest BCUT2D eigenvalue weighted by atomic mass is 32.1. The molecule has 5 heteroatoms. The molecule has 0 saturated heterocycles. The Labute approximate surface area is 123 Å². The van der Waals surface area contributed by atoms with E-state index >= 15 is 0 Å². The zero-order chi connectivity index (χ0) is 14.8. The summed E-state index contributed by atoms with van der Waals surface area (Å²) in [7, 11) is 0. The van der Waals surface area contributed by atoms with Gasteiger partial charge in [-0.05, 0) is 20.8 Å². The number of nitrogens with two attached hydrogens (primary N) is 1. The highest BCUT2D eigenvalue weighted by molar-refractivity contribution is 7.14. The molecule has 1 aromatic carbocycles. The lowest BCUT2D eigenvalue weighted by molar-refractivity contribution is 0.0950. The van der Waals surface area contributed by atoms with Crippen LogP contribution in [-0.2, 0) is 0 Å². The Kier molecular flexibility index (Phi) is 4.20. The molecule has 20 heavy (non-hydrogen) atoms. The summed E-state index contributed by atoms with van der Waals surface area (Å²) in [6, 6.07) is 9.74. The summed E-state index contributed by atoms with van der Waals surface area (Å²) in [5.41, 5.74) is 7.15. The number of thiazole rings is 1. The maximum absolute atomic E-state index is 12.3. The summed E-state index contributed by atoms with van der Waals surface area (Å²) < 4.78 is 0. The quantitative estimate of drug-likeness (QED) is 0.909. The second kappa shape index (κ2) is 5.73. The lowest BCUT2D eigenvalue weighted by atomic mass is 10.1. The van der Waals surface area contributed by atoms with Crippen LogP contribution in [0.15, 0.2) is 30.3 Å². The van der Waals surface area contributed by atoms with Crippen LogP contribution in [0, 0.1) is 6.92 Å². The van der Waals surface area contributed by atoms with Gasteiger partial charge in [0.25, 0.3) is 5.91 Å². The van der Waals surface area contributed by atoms with Crippen LogP contribution < -0.4 is 11.1 Å². The molecule has 4 nitrogen and oxygen atoms in total. The van der Waals surface area contributed by atoms with Crippen molar-refractivity contribution in [3.63, 3.8) is 0 Å². The average Bonchev–Trinajstić information content (AvgIpc) is 2.78. The van der Waals surface area contributed by atoms with Gasteiger partial charge in [-0.15, -0.1) is 11.3 Å². The van der Waals surface area contributed by atoms with E-state index in [2.05, 4.69) is 10.3 Å². The van der Waals surface area contributed by atoms with E-state index in [4.69, 9.17) is 5.73 Å². The smallest absolute Gasteiger partial charge is 0.263 e. The first-order valence-electron chi connectivity index (χ1n) is 6.47. The second-order valence-corrected chi connectivity index (χ2v) is 6.65. The number of carbonyl (C=O) groups excluding carboxylic acids is 1. The molecular formula is C15H19N3OS. The van der Waals surface area contributed by atoms with Crippen molar-refractivity contribution in [2.24, 2.45) is 5.73 Å². The summed E-state index contributed by atoms with van der Waals surface area (Å²) in [4.78, 5) is 17.4. The molecule has 0 aliphatic carbocycles. The van der Waals surface area contributed by atoms with Gasteiger partial charge in [0.05, 0.1) is 10.7 Å². The fourth-order valence-electron chi connectivity index (χ4n) is 1.76. The van der Waals surface area contributed by atoms with Gasteiger partial charge in [0, 0.05) is 17.6 Å². The lowest BCUT2D eigenvalue weighted by Gasteiger charge is -2.18. The Hall–Kier alpha value is -1.72. The van der Waals surface area contributed by atoms with Crippen LogP contribution in [-0.4, -0.2) is 23.0 Å². The molecule has 1 heterocycles. The van der Waals surface area contributed by atoms with Crippen molar-refractivity contribution in [3.8, 4) is 11.3 Å². The molecule has 0 fully saturated rings. The number of aryl methyl sites for hydroxylation is 1. The second-order valence-electron chi connectivity index (χ2n) is 5.45. The van der Waals surface area contributed by atoms with Crippen molar-refractivity contribution < 1.29 is 4.79 Å². The van der Waals surface area contributed by atoms with E-state index in [0.29, 0.717) is 11.4 Å². The Balaban J connectivity index is 2.27. The van der Waals surface area contributed by atoms with E-state index in [1.807, 2.05) is 51.1 Å². The summed E-state index contributed by atoms with van der Waals surface area (Å²) in [6.07, 6.45) is 0. The van der Waals surface area contributed by atoms with Crippen LogP contribution in [0.5, 0.6) is 0 Å². The minimum Gasteiger partial charge on any atom is -0.349 e. The van der Waals surface area contributed by atoms with Crippen molar-refractivity contribution in [1.29, 1.82) is 0 Å². The van der Waals surface area contributed by atoms with E-state index in [0.717, 1.165) is 16.3 Å². The molecule has 0 bridgehead atoms. The highest BCUT2D eigenvalue weighted by Gasteiger charge is 2.20. The molecule has 2 aromatic rings. The fourth-order valence-corrected chi connectivity index (χ4v) is 2.62. The van der Waals surface area contributed by atoms with Gasteiger partial charge in [0.1, 0.15) is 4.88 Å². The molecule has 1 aromatic heterocycles. The number of amides is 1.